The van der Waals surface area contributed by atoms with Gasteiger partial charge in [0.1, 0.15) is 0 Å². The zero-order valence-corrected chi connectivity index (χ0v) is 22.6. The van der Waals surface area contributed by atoms with E-state index in [1.54, 1.807) is 19.9 Å². The first-order valence-corrected chi connectivity index (χ1v) is 13.1. The second-order valence-corrected chi connectivity index (χ2v) is 11.7. The number of aliphatic hydroxyl groups is 1. The molecular weight excluding hydrogens is 489 g/mol. The Morgan fingerprint density at radius 3 is 2.82 bits per heavy atom. The maximum Gasteiger partial charge on any atom is 0.368 e. The topological polar surface area (TPSA) is 126 Å². The number of fused-ring (bicyclic) bond motifs is 1. The summed E-state index contributed by atoms with van der Waals surface area (Å²) in [5.41, 5.74) is 0.399. The van der Waals surface area contributed by atoms with Crippen molar-refractivity contribution in [3.05, 3.63) is 46.3 Å². The van der Waals surface area contributed by atoms with Gasteiger partial charge in [-0.05, 0) is 95.0 Å². The fourth-order valence-electron chi connectivity index (χ4n) is 5.78. The number of piperidine rings is 1. The monoisotopic (exact) mass is 525 g/mol. The van der Waals surface area contributed by atoms with Crippen LogP contribution >= 0.6 is 0 Å². The normalized spacial score (nSPS) is 21.3. The van der Waals surface area contributed by atoms with Gasteiger partial charge in [0, 0.05) is 23.3 Å². The maximum atomic E-state index is 14.7. The van der Waals surface area contributed by atoms with E-state index in [0.29, 0.717) is 17.4 Å². The van der Waals surface area contributed by atoms with Gasteiger partial charge in [-0.1, -0.05) is 6.07 Å². The van der Waals surface area contributed by atoms with Gasteiger partial charge >= 0.3 is 5.69 Å². The van der Waals surface area contributed by atoms with E-state index < -0.39 is 17.1 Å². The van der Waals surface area contributed by atoms with E-state index in [0.717, 1.165) is 35.8 Å². The Kier molecular flexibility index (Phi) is 6.72. The second kappa shape index (κ2) is 9.73. The molecule has 3 N–H and O–H groups in total. The molecule has 204 valence electrons. The van der Waals surface area contributed by atoms with Crippen LogP contribution in [-0.4, -0.2) is 69.5 Å². The van der Waals surface area contributed by atoms with Crippen LogP contribution in [0.5, 0.6) is 0 Å². The van der Waals surface area contributed by atoms with E-state index in [1.807, 2.05) is 19.1 Å². The van der Waals surface area contributed by atoms with Gasteiger partial charge in [0.2, 0.25) is 5.95 Å². The molecule has 0 spiro atoms. The first kappa shape index (κ1) is 26.2. The number of rotatable bonds is 7. The van der Waals surface area contributed by atoms with Gasteiger partial charge in [-0.15, -0.1) is 0 Å². The van der Waals surface area contributed by atoms with Gasteiger partial charge in [0.25, 0.3) is 0 Å². The highest BCUT2D eigenvalue weighted by atomic mass is 19.1. The Hall–Kier alpha value is -3.38. The molecule has 38 heavy (non-hydrogen) atoms. The number of aryl methyl sites for hydroxylation is 1. The molecule has 2 fully saturated rings. The van der Waals surface area contributed by atoms with Gasteiger partial charge < -0.3 is 15.7 Å². The highest BCUT2D eigenvalue weighted by molar-refractivity contribution is 5.60. The molecular formula is C26H36FN9O2. The number of tetrazole rings is 1. The molecule has 11 nitrogen and oxygen atoms in total. The minimum atomic E-state index is -1.11. The molecule has 2 aliphatic rings. The molecule has 12 heteroatoms. The fourth-order valence-corrected chi connectivity index (χ4v) is 5.78. The van der Waals surface area contributed by atoms with Crippen LogP contribution in [0.25, 0.3) is 5.69 Å². The molecule has 5 rings (SSSR count). The molecule has 0 saturated carbocycles. The molecule has 3 aromatic rings. The van der Waals surface area contributed by atoms with E-state index in [1.165, 1.54) is 17.5 Å². The van der Waals surface area contributed by atoms with Gasteiger partial charge in [0.05, 0.1) is 24.0 Å². The molecule has 0 unspecified atom stereocenters. The molecule has 2 aromatic heterocycles. The van der Waals surface area contributed by atoms with Gasteiger partial charge in [0.15, 0.2) is 11.6 Å². The highest BCUT2D eigenvalue weighted by Gasteiger charge is 2.43. The third kappa shape index (κ3) is 5.41. The molecule has 2 atom stereocenters. The summed E-state index contributed by atoms with van der Waals surface area (Å²) in [5, 5.41) is 24.4. The van der Waals surface area contributed by atoms with E-state index in [-0.39, 0.29) is 29.9 Å². The van der Waals surface area contributed by atoms with Crippen LogP contribution in [0.1, 0.15) is 58.9 Å². The zero-order valence-electron chi connectivity index (χ0n) is 22.6. The Morgan fingerprint density at radius 2 is 2.05 bits per heavy atom. The largest absolute Gasteiger partial charge is 0.389 e. The van der Waals surface area contributed by atoms with Crippen molar-refractivity contribution in [1.29, 1.82) is 0 Å². The van der Waals surface area contributed by atoms with Crippen molar-refractivity contribution in [2.75, 3.05) is 17.2 Å². The molecule has 1 aromatic carbocycles. The number of hydrogen-bond acceptors (Lipinski definition) is 9. The highest BCUT2D eigenvalue weighted by Crippen LogP contribution is 2.38. The van der Waals surface area contributed by atoms with Crippen LogP contribution in [0.15, 0.2) is 29.2 Å². The van der Waals surface area contributed by atoms with E-state index >= 15 is 0 Å². The smallest absolute Gasteiger partial charge is 0.368 e. The number of aromatic nitrogens is 6. The number of benzene rings is 1. The summed E-state index contributed by atoms with van der Waals surface area (Å²) in [7, 11) is 0. The summed E-state index contributed by atoms with van der Waals surface area (Å²) in [6.45, 7) is 10.7. The van der Waals surface area contributed by atoms with Crippen LogP contribution in [-0.2, 0) is 6.54 Å². The lowest BCUT2D eigenvalue weighted by molar-refractivity contribution is 0.0500. The average Bonchev–Trinajstić information content (AvgIpc) is 3.44. The number of anilines is 3. The summed E-state index contributed by atoms with van der Waals surface area (Å²) in [6, 6.07) is 6.01. The minimum Gasteiger partial charge on any atom is -0.389 e. The predicted octanol–water partition coefficient (Wildman–Crippen LogP) is 3.00. The first-order valence-electron chi connectivity index (χ1n) is 13.1. The summed E-state index contributed by atoms with van der Waals surface area (Å²) < 4.78 is 17.0. The minimum absolute atomic E-state index is 0.0129. The van der Waals surface area contributed by atoms with Crippen molar-refractivity contribution in [3.63, 3.8) is 0 Å². The van der Waals surface area contributed by atoms with Crippen LogP contribution in [0.3, 0.4) is 0 Å². The van der Waals surface area contributed by atoms with Crippen molar-refractivity contribution in [2.45, 2.75) is 90.1 Å². The SMILES string of the molecule is Cc1ccc(Nc2ncc(F)c(N[C@@H]3C[C@@H]4CCCN4C(C)(C)C3)n2)cc1-n1nnn(CC(C)(C)O)c1=O. The lowest BCUT2D eigenvalue weighted by Crippen LogP contribution is -2.55. The fraction of sp³-hybridized carbons (Fsp3) is 0.577. The maximum absolute atomic E-state index is 14.7. The number of nitrogens with one attached hydrogen (secondary N) is 2. The molecule has 0 amide bonds. The van der Waals surface area contributed by atoms with Crippen molar-refractivity contribution < 1.29 is 9.50 Å². The summed E-state index contributed by atoms with van der Waals surface area (Å²) in [6.07, 6.45) is 5.40. The number of nitrogens with zero attached hydrogens (tertiary/aromatic N) is 7. The van der Waals surface area contributed by atoms with Crippen LogP contribution in [0.4, 0.5) is 21.8 Å². The van der Waals surface area contributed by atoms with Crippen molar-refractivity contribution in [3.8, 4) is 5.69 Å². The van der Waals surface area contributed by atoms with Gasteiger partial charge in [-0.2, -0.15) is 14.3 Å². The Morgan fingerprint density at radius 1 is 1.26 bits per heavy atom. The standard InChI is InChI=1S/C26H36FN9O2/c1-16-8-9-17(12-21(16)36-24(37)35(32-33-36)15-26(4,5)38)30-23-28-14-20(27)22(31-23)29-18-11-19-7-6-10-34(19)25(2,3)13-18/h8-9,12,14,18-19,38H,6-7,10-11,13,15H2,1-5H3,(H2,28,29,30,31)/t18-,19+/m1/s1. The third-order valence-electron chi connectivity index (χ3n) is 7.41. The molecule has 0 bridgehead atoms. The quantitative estimate of drug-likeness (QED) is 0.427. The van der Waals surface area contributed by atoms with Crippen molar-refractivity contribution >= 4 is 17.5 Å². The van der Waals surface area contributed by atoms with Crippen molar-refractivity contribution in [1.82, 2.24) is 34.7 Å². The molecule has 4 heterocycles. The van der Waals surface area contributed by atoms with Crippen LogP contribution in [0.2, 0.25) is 0 Å². The molecule has 2 aliphatic heterocycles. The Labute approximate surface area is 221 Å². The lowest BCUT2D eigenvalue weighted by Gasteiger charge is -2.47. The van der Waals surface area contributed by atoms with E-state index in [4.69, 9.17) is 0 Å². The summed E-state index contributed by atoms with van der Waals surface area (Å²) >= 11 is 0. The summed E-state index contributed by atoms with van der Waals surface area (Å²) in [5.74, 6) is -0.0889. The third-order valence-corrected chi connectivity index (χ3v) is 7.41. The number of hydrogen-bond donors (Lipinski definition) is 3. The van der Waals surface area contributed by atoms with Crippen LogP contribution in [0, 0.1) is 12.7 Å². The van der Waals surface area contributed by atoms with Crippen molar-refractivity contribution in [2.24, 2.45) is 0 Å². The Balaban J connectivity index is 1.35. The lowest BCUT2D eigenvalue weighted by atomic mass is 9.84. The van der Waals surface area contributed by atoms with Gasteiger partial charge in [-0.25, -0.2) is 14.2 Å². The summed E-state index contributed by atoms with van der Waals surface area (Å²) in [4.78, 5) is 24.0. The molecule has 2 saturated heterocycles. The second-order valence-electron chi connectivity index (χ2n) is 11.7. The molecule has 0 radical (unpaired) electrons. The zero-order chi connectivity index (χ0) is 27.2. The molecule has 0 aliphatic carbocycles. The number of halogens is 1. The van der Waals surface area contributed by atoms with Gasteiger partial charge in [-0.3, -0.25) is 4.90 Å². The Bertz CT molecular complexity index is 1380. The van der Waals surface area contributed by atoms with E-state index in [9.17, 15) is 14.3 Å². The van der Waals surface area contributed by atoms with E-state index in [2.05, 4.69) is 49.8 Å². The van der Waals surface area contributed by atoms with Crippen LogP contribution < -0.4 is 16.3 Å². The predicted molar refractivity (Wildman–Crippen MR) is 142 cm³/mol. The average molecular weight is 526 g/mol. The first-order chi connectivity index (χ1) is 17.9.